The molecule has 0 rings (SSSR count). The van der Waals surface area contributed by atoms with Crippen molar-refractivity contribution in [3.05, 3.63) is 0 Å². The maximum Gasteiger partial charge on any atom is 0.0166 e. The first-order valence-corrected chi connectivity index (χ1v) is 8.33. The molecule has 0 spiro atoms. The summed E-state index contributed by atoms with van der Waals surface area (Å²) in [5.41, 5.74) is 0. The summed E-state index contributed by atoms with van der Waals surface area (Å²) in [6, 6.07) is 1.58. The van der Waals surface area contributed by atoms with Gasteiger partial charge in [0, 0.05) is 9.52 Å². The second kappa shape index (κ2) is 11.2. The van der Waals surface area contributed by atoms with E-state index in [1.54, 1.807) is 6.04 Å². The van der Waals surface area contributed by atoms with Gasteiger partial charge in [0.1, 0.15) is 0 Å². The Balaban J connectivity index is 2.73. The Labute approximate surface area is 81.0 Å². The largest absolute Gasteiger partial charge is 0.0748 e. The van der Waals surface area contributed by atoms with Crippen LogP contribution < -0.4 is 0 Å². The first kappa shape index (κ1) is 12.2. The van der Waals surface area contributed by atoms with E-state index in [1.807, 2.05) is 0 Å². The lowest BCUT2D eigenvalue weighted by molar-refractivity contribution is 0.585. The van der Waals surface area contributed by atoms with E-state index in [1.165, 1.54) is 51.4 Å². The lowest BCUT2D eigenvalue weighted by Crippen LogP contribution is -1.83. The molecule has 0 bridgehead atoms. The molecule has 0 amide bonds. The minimum Gasteiger partial charge on any atom is -0.0748 e. The van der Waals surface area contributed by atoms with Gasteiger partial charge in [-0.05, 0) is 0 Å². The van der Waals surface area contributed by atoms with Crippen molar-refractivity contribution in [2.24, 2.45) is 0 Å². The second-order valence-corrected chi connectivity index (χ2v) is 5.54. The number of hydrogen-bond donors (Lipinski definition) is 0. The van der Waals surface area contributed by atoms with Crippen molar-refractivity contribution in [2.45, 2.75) is 70.9 Å². The molecule has 0 heterocycles. The SMILES string of the molecule is CCCCCCCCCC[SiH2]C. The average molecular weight is 186 g/mol. The first-order valence-electron chi connectivity index (χ1n) is 5.91. The van der Waals surface area contributed by atoms with Crippen LogP contribution in [0.2, 0.25) is 12.6 Å². The van der Waals surface area contributed by atoms with Crippen molar-refractivity contribution in [3.8, 4) is 0 Å². The third-order valence-electron chi connectivity index (χ3n) is 2.46. The first-order chi connectivity index (χ1) is 5.91. The maximum absolute atomic E-state index is 2.42. The van der Waals surface area contributed by atoms with Crippen molar-refractivity contribution in [1.82, 2.24) is 0 Å². The highest BCUT2D eigenvalue weighted by atomic mass is 28.2. The topological polar surface area (TPSA) is 0 Å². The molecular formula is C11H26Si. The molecule has 1 heteroatoms. The highest BCUT2D eigenvalue weighted by Crippen LogP contribution is 2.09. The van der Waals surface area contributed by atoms with Gasteiger partial charge >= 0.3 is 0 Å². The van der Waals surface area contributed by atoms with Crippen molar-refractivity contribution >= 4 is 9.52 Å². The van der Waals surface area contributed by atoms with Gasteiger partial charge in [-0.1, -0.05) is 70.9 Å². The molecule has 0 aromatic carbocycles. The fourth-order valence-corrected chi connectivity index (χ4v) is 2.41. The summed E-state index contributed by atoms with van der Waals surface area (Å²) >= 11 is 0. The summed E-state index contributed by atoms with van der Waals surface area (Å²) in [5.74, 6) is 0. The summed E-state index contributed by atoms with van der Waals surface area (Å²) in [6.07, 6.45) is 11.8. The van der Waals surface area contributed by atoms with E-state index in [9.17, 15) is 0 Å². The molecule has 12 heavy (non-hydrogen) atoms. The van der Waals surface area contributed by atoms with Gasteiger partial charge in [0.15, 0.2) is 0 Å². The van der Waals surface area contributed by atoms with Crippen LogP contribution in [0.5, 0.6) is 0 Å². The maximum atomic E-state index is 2.42. The predicted molar refractivity (Wildman–Crippen MR) is 61.8 cm³/mol. The normalized spacial score (nSPS) is 11.5. The average Bonchev–Trinajstić information content (AvgIpc) is 2.10. The summed E-state index contributed by atoms with van der Waals surface area (Å²) in [7, 11) is 0.366. The van der Waals surface area contributed by atoms with Crippen molar-refractivity contribution in [1.29, 1.82) is 0 Å². The van der Waals surface area contributed by atoms with Crippen LogP contribution in [0.4, 0.5) is 0 Å². The molecular weight excluding hydrogens is 160 g/mol. The van der Waals surface area contributed by atoms with Crippen molar-refractivity contribution < 1.29 is 0 Å². The third-order valence-corrected chi connectivity index (χ3v) is 3.66. The van der Waals surface area contributed by atoms with E-state index >= 15 is 0 Å². The van der Waals surface area contributed by atoms with E-state index in [2.05, 4.69) is 13.5 Å². The molecule has 74 valence electrons. The van der Waals surface area contributed by atoms with Crippen LogP contribution in [-0.4, -0.2) is 9.52 Å². The van der Waals surface area contributed by atoms with Gasteiger partial charge in [0.2, 0.25) is 0 Å². The minimum absolute atomic E-state index is 0.366. The highest BCUT2D eigenvalue weighted by molar-refractivity contribution is 6.33. The summed E-state index contributed by atoms with van der Waals surface area (Å²) in [5, 5.41) is 0. The molecule has 0 radical (unpaired) electrons. The lowest BCUT2D eigenvalue weighted by Gasteiger charge is -1.99. The molecule has 0 aromatic heterocycles. The monoisotopic (exact) mass is 186 g/mol. The Morgan fingerprint density at radius 3 is 1.75 bits per heavy atom. The molecule has 0 atom stereocenters. The van der Waals surface area contributed by atoms with Crippen molar-refractivity contribution in [2.75, 3.05) is 0 Å². The van der Waals surface area contributed by atoms with Gasteiger partial charge in [-0.2, -0.15) is 0 Å². The molecule has 0 aromatic rings. The quantitative estimate of drug-likeness (QED) is 0.380. The van der Waals surface area contributed by atoms with Crippen LogP contribution >= 0.6 is 0 Å². The van der Waals surface area contributed by atoms with Crippen LogP contribution in [0.15, 0.2) is 0 Å². The van der Waals surface area contributed by atoms with E-state index < -0.39 is 0 Å². The van der Waals surface area contributed by atoms with Gasteiger partial charge in [-0.15, -0.1) is 0 Å². The highest BCUT2D eigenvalue weighted by Gasteiger charge is 1.90. The molecule has 0 aliphatic heterocycles. The Morgan fingerprint density at radius 2 is 1.25 bits per heavy atom. The van der Waals surface area contributed by atoms with Crippen molar-refractivity contribution in [3.63, 3.8) is 0 Å². The fraction of sp³-hybridized carbons (Fsp3) is 1.00. The molecule has 0 saturated heterocycles. The van der Waals surface area contributed by atoms with Crippen LogP contribution in [0.25, 0.3) is 0 Å². The Bertz CT molecular complexity index is 61.4. The second-order valence-electron chi connectivity index (χ2n) is 3.83. The van der Waals surface area contributed by atoms with Gasteiger partial charge in [-0.3, -0.25) is 0 Å². The van der Waals surface area contributed by atoms with Gasteiger partial charge in [0.25, 0.3) is 0 Å². The zero-order chi connectivity index (χ0) is 9.07. The zero-order valence-corrected chi connectivity index (χ0v) is 10.5. The van der Waals surface area contributed by atoms with Gasteiger partial charge in [0.05, 0.1) is 0 Å². The standard InChI is InChI=1S/C11H26Si/c1-3-4-5-6-7-8-9-10-11-12-2/h3-12H2,1-2H3. The summed E-state index contributed by atoms with van der Waals surface area (Å²) in [4.78, 5) is 0. The smallest absolute Gasteiger partial charge is 0.0166 e. The van der Waals surface area contributed by atoms with E-state index in [4.69, 9.17) is 0 Å². The molecule has 0 N–H and O–H groups in total. The summed E-state index contributed by atoms with van der Waals surface area (Å²) < 4.78 is 0. The predicted octanol–water partition coefficient (Wildman–Crippen LogP) is 3.76. The fourth-order valence-electron chi connectivity index (χ4n) is 1.56. The van der Waals surface area contributed by atoms with Crippen LogP contribution in [0.1, 0.15) is 58.3 Å². The van der Waals surface area contributed by atoms with Crippen LogP contribution in [0, 0.1) is 0 Å². The third kappa shape index (κ3) is 10.2. The van der Waals surface area contributed by atoms with Crippen LogP contribution in [0.3, 0.4) is 0 Å². The Kier molecular flexibility index (Phi) is 11.4. The number of hydrogen-bond acceptors (Lipinski definition) is 0. The Morgan fingerprint density at radius 1 is 0.750 bits per heavy atom. The molecule has 0 unspecified atom stereocenters. The van der Waals surface area contributed by atoms with E-state index in [0.717, 1.165) is 0 Å². The molecule has 0 saturated carbocycles. The van der Waals surface area contributed by atoms with Gasteiger partial charge in [-0.25, -0.2) is 0 Å². The summed E-state index contributed by atoms with van der Waals surface area (Å²) in [6.45, 7) is 4.70. The van der Waals surface area contributed by atoms with E-state index in [-0.39, 0.29) is 0 Å². The van der Waals surface area contributed by atoms with Gasteiger partial charge < -0.3 is 0 Å². The van der Waals surface area contributed by atoms with E-state index in [0.29, 0.717) is 9.52 Å². The molecule has 0 aliphatic rings. The molecule has 0 nitrogen and oxygen atoms in total. The lowest BCUT2D eigenvalue weighted by atomic mass is 10.1. The minimum atomic E-state index is 0.366. The molecule has 0 aliphatic carbocycles. The molecule has 0 fully saturated rings. The zero-order valence-electron chi connectivity index (χ0n) is 9.07. The number of unbranched alkanes of at least 4 members (excludes halogenated alkanes) is 7. The number of rotatable bonds is 9. The Hall–Kier alpha value is 0.217. The van der Waals surface area contributed by atoms with Crippen LogP contribution in [-0.2, 0) is 0 Å².